The monoisotopic (exact) mass is 489 g/mol. The van der Waals surface area contributed by atoms with Crippen molar-refractivity contribution < 1.29 is 32.3 Å². The molecule has 0 bridgehead atoms. The fourth-order valence-corrected chi connectivity index (χ4v) is 3.61. The van der Waals surface area contributed by atoms with Crippen LogP contribution in [0.4, 0.5) is 13.2 Å². The van der Waals surface area contributed by atoms with Crippen LogP contribution >= 0.6 is 0 Å². The average molecular weight is 490 g/mol. The number of nitrogens with zero attached hydrogens (tertiary/aromatic N) is 1. The lowest BCUT2D eigenvalue weighted by Crippen LogP contribution is -2.60. The normalized spacial score (nSPS) is 19.3. The fourth-order valence-electron chi connectivity index (χ4n) is 3.61. The molecule has 34 heavy (non-hydrogen) atoms. The maximum absolute atomic E-state index is 12.9. The van der Waals surface area contributed by atoms with E-state index in [2.05, 4.69) is 16.0 Å². The number of nitriles is 1. The minimum Gasteiger partial charge on any atom is -0.356 e. The summed E-state index contributed by atoms with van der Waals surface area (Å²) in [6, 6.07) is -1.77. The van der Waals surface area contributed by atoms with Crippen LogP contribution in [-0.2, 0) is 19.2 Å². The molecule has 1 saturated heterocycles. The van der Waals surface area contributed by atoms with Crippen molar-refractivity contribution in [3.8, 4) is 6.07 Å². The predicted molar refractivity (Wildman–Crippen MR) is 117 cm³/mol. The Balaban J connectivity index is 2.97. The van der Waals surface area contributed by atoms with Gasteiger partial charge >= 0.3 is 12.1 Å². The topological polar surface area (TPSA) is 140 Å². The first-order chi connectivity index (χ1) is 15.6. The molecule has 12 heteroatoms. The molecule has 1 aliphatic heterocycles. The van der Waals surface area contributed by atoms with Gasteiger partial charge in [-0.15, -0.1) is 0 Å². The molecule has 0 aliphatic carbocycles. The van der Waals surface area contributed by atoms with E-state index in [0.717, 1.165) is 6.42 Å². The zero-order valence-corrected chi connectivity index (χ0v) is 20.1. The summed E-state index contributed by atoms with van der Waals surface area (Å²) in [5, 5.41) is 18.8. The molecule has 4 atom stereocenters. The Labute approximate surface area is 197 Å². The van der Waals surface area contributed by atoms with E-state index in [9.17, 15) is 37.6 Å². The molecule has 1 heterocycles. The lowest BCUT2D eigenvalue weighted by Gasteiger charge is -2.32. The largest absolute Gasteiger partial charge is 0.471 e. The minimum atomic E-state index is -5.18. The minimum absolute atomic E-state index is 0.0847. The van der Waals surface area contributed by atoms with Gasteiger partial charge in [-0.05, 0) is 37.0 Å². The molecule has 1 rings (SSSR count). The molecule has 0 aromatic heterocycles. The van der Waals surface area contributed by atoms with E-state index in [1.165, 1.54) is 20.8 Å². The Hall–Kier alpha value is -2.84. The van der Waals surface area contributed by atoms with E-state index < -0.39 is 53.4 Å². The number of hydrogen-bond acceptors (Lipinski definition) is 5. The molecule has 192 valence electrons. The SMILES string of the molecule is CC(C)C[C@H](NC(=O)[C@@H](NC(=O)C(F)(F)F)C(C)(C)C)C(=O)N[C@H](C#N)C[C@@H]1CCCNC1=O. The van der Waals surface area contributed by atoms with Gasteiger partial charge in [0.05, 0.1) is 6.07 Å². The van der Waals surface area contributed by atoms with Gasteiger partial charge in [-0.25, -0.2) is 0 Å². The summed E-state index contributed by atoms with van der Waals surface area (Å²) < 4.78 is 38.3. The molecule has 9 nitrogen and oxygen atoms in total. The zero-order chi connectivity index (χ0) is 26.3. The van der Waals surface area contributed by atoms with Crippen LogP contribution in [0.25, 0.3) is 0 Å². The number of carbonyl (C=O) groups excluding carboxylic acids is 4. The lowest BCUT2D eigenvalue weighted by molar-refractivity contribution is -0.175. The van der Waals surface area contributed by atoms with E-state index in [1.807, 2.05) is 6.07 Å². The van der Waals surface area contributed by atoms with E-state index in [1.54, 1.807) is 19.2 Å². The summed E-state index contributed by atoms with van der Waals surface area (Å²) in [7, 11) is 0. The summed E-state index contributed by atoms with van der Waals surface area (Å²) in [6.07, 6.45) is -3.60. The van der Waals surface area contributed by atoms with Gasteiger partial charge in [0, 0.05) is 12.5 Å². The second-order valence-electron chi connectivity index (χ2n) is 10.0. The van der Waals surface area contributed by atoms with Gasteiger partial charge in [-0.1, -0.05) is 34.6 Å². The third kappa shape index (κ3) is 9.19. The molecular formula is C22H34F3N5O4. The van der Waals surface area contributed by atoms with Crippen LogP contribution in [0.15, 0.2) is 0 Å². The molecule has 1 aliphatic rings. The Morgan fingerprint density at radius 3 is 2.21 bits per heavy atom. The van der Waals surface area contributed by atoms with E-state index >= 15 is 0 Å². The highest BCUT2D eigenvalue weighted by Gasteiger charge is 2.44. The number of nitrogens with one attached hydrogen (secondary N) is 4. The number of piperidine rings is 1. The van der Waals surface area contributed by atoms with Crippen molar-refractivity contribution in [3.63, 3.8) is 0 Å². The second-order valence-corrected chi connectivity index (χ2v) is 10.0. The number of carbonyl (C=O) groups is 4. The van der Waals surface area contributed by atoms with Crippen LogP contribution in [0.3, 0.4) is 0 Å². The van der Waals surface area contributed by atoms with Crippen molar-refractivity contribution in [2.24, 2.45) is 17.3 Å². The first-order valence-corrected chi connectivity index (χ1v) is 11.2. The van der Waals surface area contributed by atoms with Gasteiger partial charge < -0.3 is 21.3 Å². The van der Waals surface area contributed by atoms with Crippen molar-refractivity contribution >= 4 is 23.6 Å². The molecule has 0 unspecified atom stereocenters. The van der Waals surface area contributed by atoms with Gasteiger partial charge in [-0.2, -0.15) is 18.4 Å². The molecule has 4 N–H and O–H groups in total. The van der Waals surface area contributed by atoms with Crippen LogP contribution in [0.2, 0.25) is 0 Å². The van der Waals surface area contributed by atoms with Crippen molar-refractivity contribution in [2.75, 3.05) is 6.54 Å². The average Bonchev–Trinajstić information content (AvgIpc) is 2.70. The van der Waals surface area contributed by atoms with Crippen molar-refractivity contribution in [1.82, 2.24) is 21.3 Å². The molecule has 0 saturated carbocycles. The highest BCUT2D eigenvalue weighted by atomic mass is 19.4. The number of amides is 4. The first-order valence-electron chi connectivity index (χ1n) is 11.2. The number of hydrogen-bond donors (Lipinski definition) is 4. The van der Waals surface area contributed by atoms with Crippen LogP contribution in [0.1, 0.15) is 60.3 Å². The maximum atomic E-state index is 12.9. The highest BCUT2D eigenvalue weighted by Crippen LogP contribution is 2.23. The third-order valence-corrected chi connectivity index (χ3v) is 5.39. The molecule has 4 amide bonds. The third-order valence-electron chi connectivity index (χ3n) is 5.39. The lowest BCUT2D eigenvalue weighted by atomic mass is 9.85. The standard InChI is InChI=1S/C22H34F3N5O4/c1-12(2)9-15(18(32)28-14(11-26)10-13-7-6-8-27-17(13)31)29-19(33)16(21(3,4)5)30-20(34)22(23,24)25/h12-16H,6-10H2,1-5H3,(H,27,31)(H,28,32)(H,29,33)(H,30,34)/t13-,14-,15-,16+/m0/s1. The van der Waals surface area contributed by atoms with E-state index in [0.29, 0.717) is 13.0 Å². The second kappa shape index (κ2) is 12.0. The Kier molecular flexibility index (Phi) is 10.3. The molecular weight excluding hydrogens is 455 g/mol. The van der Waals surface area contributed by atoms with Gasteiger partial charge in [0.25, 0.3) is 0 Å². The molecule has 0 aromatic rings. The fraction of sp³-hybridized carbons (Fsp3) is 0.773. The maximum Gasteiger partial charge on any atom is 0.471 e. The number of alkyl halides is 3. The van der Waals surface area contributed by atoms with Crippen LogP contribution in [0, 0.1) is 28.6 Å². The van der Waals surface area contributed by atoms with E-state index in [-0.39, 0.29) is 24.7 Å². The van der Waals surface area contributed by atoms with Crippen LogP contribution in [-0.4, -0.2) is 54.5 Å². The summed E-state index contributed by atoms with van der Waals surface area (Å²) in [6.45, 7) is 8.56. The van der Waals surface area contributed by atoms with Crippen molar-refractivity contribution in [2.45, 2.75) is 84.6 Å². The van der Waals surface area contributed by atoms with Crippen LogP contribution < -0.4 is 21.3 Å². The molecule has 0 aromatic carbocycles. The van der Waals surface area contributed by atoms with E-state index in [4.69, 9.17) is 0 Å². The van der Waals surface area contributed by atoms with Gasteiger partial charge in [-0.3, -0.25) is 19.2 Å². The van der Waals surface area contributed by atoms with Gasteiger partial charge in [0.15, 0.2) is 0 Å². The van der Waals surface area contributed by atoms with Gasteiger partial charge in [0.1, 0.15) is 18.1 Å². The van der Waals surface area contributed by atoms with Gasteiger partial charge in [0.2, 0.25) is 17.7 Å². The Morgan fingerprint density at radius 2 is 1.74 bits per heavy atom. The Morgan fingerprint density at radius 1 is 1.12 bits per heavy atom. The molecule has 0 radical (unpaired) electrons. The summed E-state index contributed by atoms with van der Waals surface area (Å²) in [5.41, 5.74) is -1.09. The highest BCUT2D eigenvalue weighted by molar-refractivity contribution is 5.93. The zero-order valence-electron chi connectivity index (χ0n) is 20.1. The molecule has 1 fully saturated rings. The van der Waals surface area contributed by atoms with Crippen molar-refractivity contribution in [3.05, 3.63) is 0 Å². The number of halogens is 3. The number of rotatable bonds is 9. The summed E-state index contributed by atoms with van der Waals surface area (Å²) in [4.78, 5) is 49.2. The first kappa shape index (κ1) is 29.2. The van der Waals surface area contributed by atoms with Crippen molar-refractivity contribution in [1.29, 1.82) is 5.26 Å². The smallest absolute Gasteiger partial charge is 0.356 e. The molecule has 0 spiro atoms. The Bertz CT molecular complexity index is 802. The predicted octanol–water partition coefficient (Wildman–Crippen LogP) is 1.54. The summed E-state index contributed by atoms with van der Waals surface area (Å²) in [5.74, 6) is -4.62. The quantitative estimate of drug-likeness (QED) is 0.389. The summed E-state index contributed by atoms with van der Waals surface area (Å²) >= 11 is 0. The van der Waals surface area contributed by atoms with Crippen LogP contribution in [0.5, 0.6) is 0 Å².